The number of aromatic nitrogens is 1. The van der Waals surface area contributed by atoms with Crippen LogP contribution in [-0.2, 0) is 6.54 Å². The van der Waals surface area contributed by atoms with Gasteiger partial charge < -0.3 is 10.5 Å². The number of pyridine rings is 1. The van der Waals surface area contributed by atoms with Gasteiger partial charge >= 0.3 is 0 Å². The lowest BCUT2D eigenvalue weighted by Crippen LogP contribution is -1.95. The Morgan fingerprint density at radius 1 is 1.35 bits per heavy atom. The summed E-state index contributed by atoms with van der Waals surface area (Å²) in [5, 5.41) is 0. The molecule has 3 nitrogen and oxygen atoms in total. The predicted octanol–water partition coefficient (Wildman–Crippen LogP) is 3.06. The first kappa shape index (κ1) is 12.1. The average molecular weight is 248 g/mol. The van der Waals surface area contributed by atoms with Crippen molar-refractivity contribution in [1.82, 2.24) is 4.98 Å². The normalized spacial score (nSPS) is 10.5. The van der Waals surface area contributed by atoms with Gasteiger partial charge in [-0.1, -0.05) is 6.92 Å². The van der Waals surface area contributed by atoms with Crippen LogP contribution in [0.3, 0.4) is 0 Å². The summed E-state index contributed by atoms with van der Waals surface area (Å²) < 4.78 is 5.57. The van der Waals surface area contributed by atoms with Crippen molar-refractivity contribution in [3.05, 3.63) is 35.5 Å². The minimum Gasteiger partial charge on any atom is -0.492 e. The zero-order valence-corrected chi connectivity index (χ0v) is 10.7. The molecular weight excluding hydrogens is 232 g/mol. The molecule has 0 saturated heterocycles. The van der Waals surface area contributed by atoms with Crippen molar-refractivity contribution in [1.29, 1.82) is 0 Å². The fraction of sp³-hybridized carbons (Fsp3) is 0.308. The van der Waals surface area contributed by atoms with Gasteiger partial charge in [0.2, 0.25) is 0 Å². The molecule has 0 amide bonds. The van der Waals surface area contributed by atoms with Crippen LogP contribution in [0.15, 0.2) is 30.6 Å². The Labute approximate surface area is 105 Å². The lowest BCUT2D eigenvalue weighted by Gasteiger charge is -2.05. The molecule has 0 atom stereocenters. The quantitative estimate of drug-likeness (QED) is 0.884. The van der Waals surface area contributed by atoms with Gasteiger partial charge in [0.25, 0.3) is 0 Å². The van der Waals surface area contributed by atoms with E-state index in [1.54, 1.807) is 17.5 Å². The summed E-state index contributed by atoms with van der Waals surface area (Å²) in [6, 6.07) is 6.15. The molecule has 90 valence electrons. The van der Waals surface area contributed by atoms with Crippen LogP contribution in [0.5, 0.6) is 5.75 Å². The van der Waals surface area contributed by atoms with Crippen LogP contribution < -0.4 is 10.5 Å². The zero-order valence-electron chi connectivity index (χ0n) is 9.85. The lowest BCUT2D eigenvalue weighted by atomic mass is 10.2. The van der Waals surface area contributed by atoms with Crippen LogP contribution in [0, 0.1) is 0 Å². The molecule has 0 aliphatic rings. The summed E-state index contributed by atoms with van der Waals surface area (Å²) in [4.78, 5) is 6.56. The van der Waals surface area contributed by atoms with Crippen LogP contribution >= 0.6 is 11.3 Å². The molecule has 4 heteroatoms. The Kier molecular flexibility index (Phi) is 4.12. The largest absolute Gasteiger partial charge is 0.492 e. The average Bonchev–Trinajstić information content (AvgIpc) is 2.85. The summed E-state index contributed by atoms with van der Waals surface area (Å²) in [5.74, 6) is 0.826. The van der Waals surface area contributed by atoms with Gasteiger partial charge in [0.1, 0.15) is 5.75 Å². The van der Waals surface area contributed by atoms with Crippen molar-refractivity contribution in [2.24, 2.45) is 5.73 Å². The molecule has 17 heavy (non-hydrogen) atoms. The third-order valence-electron chi connectivity index (χ3n) is 2.33. The SMILES string of the molecule is CCCOc1cncc(-c2ccc(CN)s2)c1. The van der Waals surface area contributed by atoms with Crippen molar-refractivity contribution >= 4 is 11.3 Å². The van der Waals surface area contributed by atoms with E-state index < -0.39 is 0 Å². The number of ether oxygens (including phenoxy) is 1. The first-order valence-electron chi connectivity index (χ1n) is 5.70. The number of nitrogens with zero attached hydrogens (tertiary/aromatic N) is 1. The van der Waals surface area contributed by atoms with Crippen LogP contribution in [-0.4, -0.2) is 11.6 Å². The van der Waals surface area contributed by atoms with E-state index in [9.17, 15) is 0 Å². The third-order valence-corrected chi connectivity index (χ3v) is 3.49. The molecule has 2 rings (SSSR count). The maximum atomic E-state index is 5.61. The molecule has 2 aromatic rings. The molecule has 2 aromatic heterocycles. The maximum absolute atomic E-state index is 5.61. The molecule has 0 spiro atoms. The van der Waals surface area contributed by atoms with Crippen molar-refractivity contribution in [2.75, 3.05) is 6.61 Å². The second-order valence-corrected chi connectivity index (χ2v) is 4.90. The standard InChI is InChI=1S/C13H16N2OS/c1-2-5-16-11-6-10(8-15-9-11)13-4-3-12(7-14)17-13/h3-4,6,8-9H,2,5,7,14H2,1H3. The van der Waals surface area contributed by atoms with E-state index in [0.29, 0.717) is 6.54 Å². The van der Waals surface area contributed by atoms with Gasteiger partial charge in [0.05, 0.1) is 12.8 Å². The molecule has 0 aliphatic carbocycles. The molecule has 0 bridgehead atoms. The molecule has 0 fully saturated rings. The monoisotopic (exact) mass is 248 g/mol. The molecule has 0 aliphatic heterocycles. The van der Waals surface area contributed by atoms with Crippen molar-refractivity contribution in [2.45, 2.75) is 19.9 Å². The highest BCUT2D eigenvalue weighted by atomic mass is 32.1. The first-order valence-corrected chi connectivity index (χ1v) is 6.52. The van der Waals surface area contributed by atoms with Gasteiger partial charge in [0, 0.05) is 28.1 Å². The van der Waals surface area contributed by atoms with Gasteiger partial charge in [0.15, 0.2) is 0 Å². The summed E-state index contributed by atoms with van der Waals surface area (Å²) in [7, 11) is 0. The number of nitrogens with two attached hydrogens (primary N) is 1. The first-order chi connectivity index (χ1) is 8.33. The highest BCUT2D eigenvalue weighted by molar-refractivity contribution is 7.15. The molecule has 0 saturated carbocycles. The summed E-state index contributed by atoms with van der Waals surface area (Å²) in [5.41, 5.74) is 6.69. The zero-order chi connectivity index (χ0) is 12.1. The Morgan fingerprint density at radius 2 is 2.24 bits per heavy atom. The highest BCUT2D eigenvalue weighted by Gasteiger charge is 2.04. The van der Waals surface area contributed by atoms with Crippen LogP contribution in [0.25, 0.3) is 10.4 Å². The van der Waals surface area contributed by atoms with Gasteiger partial charge in [-0.3, -0.25) is 4.98 Å². The molecule has 0 aromatic carbocycles. The fourth-order valence-corrected chi connectivity index (χ4v) is 2.36. The second-order valence-electron chi connectivity index (χ2n) is 3.73. The minimum absolute atomic E-state index is 0.587. The summed E-state index contributed by atoms with van der Waals surface area (Å²) >= 11 is 1.70. The molecule has 0 unspecified atom stereocenters. The molecular formula is C13H16N2OS. The van der Waals surface area contributed by atoms with E-state index in [1.807, 2.05) is 12.3 Å². The fourth-order valence-electron chi connectivity index (χ4n) is 1.50. The van der Waals surface area contributed by atoms with E-state index in [2.05, 4.69) is 24.0 Å². The molecule has 0 radical (unpaired) electrons. The molecule has 2 N–H and O–H groups in total. The number of hydrogen-bond acceptors (Lipinski definition) is 4. The smallest absolute Gasteiger partial charge is 0.138 e. The molecule has 2 heterocycles. The second kappa shape index (κ2) is 5.80. The number of thiophene rings is 1. The van der Waals surface area contributed by atoms with E-state index in [-0.39, 0.29) is 0 Å². The number of hydrogen-bond donors (Lipinski definition) is 1. The Balaban J connectivity index is 2.20. The summed E-state index contributed by atoms with van der Waals surface area (Å²) in [6.45, 7) is 3.40. The van der Waals surface area contributed by atoms with E-state index in [1.165, 1.54) is 9.75 Å². The van der Waals surface area contributed by atoms with E-state index >= 15 is 0 Å². The maximum Gasteiger partial charge on any atom is 0.138 e. The Bertz CT molecular complexity index is 482. The van der Waals surface area contributed by atoms with Gasteiger partial charge in [-0.15, -0.1) is 11.3 Å². The van der Waals surface area contributed by atoms with E-state index in [0.717, 1.165) is 24.3 Å². The van der Waals surface area contributed by atoms with E-state index in [4.69, 9.17) is 10.5 Å². The van der Waals surface area contributed by atoms with Crippen LogP contribution in [0.4, 0.5) is 0 Å². The number of rotatable bonds is 5. The van der Waals surface area contributed by atoms with Crippen molar-refractivity contribution < 1.29 is 4.74 Å². The van der Waals surface area contributed by atoms with Crippen molar-refractivity contribution in [3.8, 4) is 16.2 Å². The topological polar surface area (TPSA) is 48.1 Å². The summed E-state index contributed by atoms with van der Waals surface area (Å²) in [6.07, 6.45) is 4.60. The Hall–Kier alpha value is -1.39. The lowest BCUT2D eigenvalue weighted by molar-refractivity contribution is 0.316. The Morgan fingerprint density at radius 3 is 2.94 bits per heavy atom. The van der Waals surface area contributed by atoms with Gasteiger partial charge in [-0.25, -0.2) is 0 Å². The third kappa shape index (κ3) is 3.05. The van der Waals surface area contributed by atoms with Crippen LogP contribution in [0.2, 0.25) is 0 Å². The predicted molar refractivity (Wildman–Crippen MR) is 71.2 cm³/mol. The van der Waals surface area contributed by atoms with Crippen LogP contribution in [0.1, 0.15) is 18.2 Å². The highest BCUT2D eigenvalue weighted by Crippen LogP contribution is 2.29. The van der Waals surface area contributed by atoms with Gasteiger partial charge in [-0.05, 0) is 24.6 Å². The van der Waals surface area contributed by atoms with Crippen molar-refractivity contribution in [3.63, 3.8) is 0 Å². The minimum atomic E-state index is 0.587. The van der Waals surface area contributed by atoms with Gasteiger partial charge in [-0.2, -0.15) is 0 Å².